The van der Waals surface area contributed by atoms with E-state index in [0.717, 1.165) is 30.0 Å². The van der Waals surface area contributed by atoms with Crippen molar-refractivity contribution in [3.05, 3.63) is 46.6 Å². The van der Waals surface area contributed by atoms with Crippen LogP contribution < -0.4 is 10.6 Å². The van der Waals surface area contributed by atoms with Gasteiger partial charge in [-0.15, -0.1) is 0 Å². The number of nitrogen functional groups attached to an aromatic ring is 1. The van der Waals surface area contributed by atoms with Crippen molar-refractivity contribution in [3.63, 3.8) is 0 Å². The molecule has 0 spiro atoms. The van der Waals surface area contributed by atoms with Crippen molar-refractivity contribution in [2.75, 3.05) is 23.7 Å². The zero-order chi connectivity index (χ0) is 16.2. The molecule has 0 radical (unpaired) electrons. The quantitative estimate of drug-likeness (QED) is 0.784. The Morgan fingerprint density at radius 1 is 1.17 bits per heavy atom. The van der Waals surface area contributed by atoms with E-state index < -0.39 is 0 Å². The number of anilines is 2. The van der Waals surface area contributed by atoms with Crippen molar-refractivity contribution in [2.24, 2.45) is 0 Å². The molecule has 3 rings (SSSR count). The van der Waals surface area contributed by atoms with Crippen molar-refractivity contribution < 1.29 is 5.11 Å². The summed E-state index contributed by atoms with van der Waals surface area (Å²) in [5.74, 6) is 7.15. The lowest BCUT2D eigenvalue weighted by molar-refractivity contribution is 0.145. The molecule has 23 heavy (non-hydrogen) atoms. The van der Waals surface area contributed by atoms with Gasteiger partial charge in [0.15, 0.2) is 0 Å². The first-order valence-electron chi connectivity index (χ1n) is 7.45. The first-order valence-corrected chi connectivity index (χ1v) is 7.83. The Labute approximate surface area is 140 Å². The van der Waals surface area contributed by atoms with Crippen molar-refractivity contribution in [2.45, 2.75) is 18.9 Å². The highest BCUT2D eigenvalue weighted by molar-refractivity contribution is 6.30. The number of aliphatic hydroxyl groups excluding tert-OH is 1. The summed E-state index contributed by atoms with van der Waals surface area (Å²) in [7, 11) is 0. The second kappa shape index (κ2) is 6.86. The van der Waals surface area contributed by atoms with Crippen LogP contribution in [0.2, 0.25) is 5.02 Å². The smallest absolute Gasteiger partial charge is 0.222 e. The highest BCUT2D eigenvalue weighted by atomic mass is 35.5. The van der Waals surface area contributed by atoms with Crippen molar-refractivity contribution in [3.8, 4) is 11.8 Å². The lowest BCUT2D eigenvalue weighted by atomic mass is 10.1. The minimum atomic E-state index is -0.242. The van der Waals surface area contributed by atoms with E-state index >= 15 is 0 Å². The Hall–Kier alpha value is -2.29. The summed E-state index contributed by atoms with van der Waals surface area (Å²) >= 11 is 5.88. The number of aromatic nitrogens is 2. The van der Waals surface area contributed by atoms with E-state index in [9.17, 15) is 5.11 Å². The molecule has 6 heteroatoms. The number of halogens is 1. The molecule has 1 aliphatic rings. The van der Waals surface area contributed by atoms with E-state index in [2.05, 4.69) is 26.7 Å². The Balaban J connectivity index is 1.89. The zero-order valence-electron chi connectivity index (χ0n) is 12.5. The fraction of sp³-hybridized carbons (Fsp3) is 0.294. The summed E-state index contributed by atoms with van der Waals surface area (Å²) in [6, 6.07) is 7.34. The van der Waals surface area contributed by atoms with Crippen LogP contribution in [0.3, 0.4) is 0 Å². The maximum Gasteiger partial charge on any atom is 0.222 e. The first-order chi connectivity index (χ1) is 11.1. The van der Waals surface area contributed by atoms with Gasteiger partial charge in [-0.3, -0.25) is 0 Å². The fourth-order valence-electron chi connectivity index (χ4n) is 2.47. The van der Waals surface area contributed by atoms with E-state index in [1.807, 2.05) is 12.1 Å². The number of hydrogen-bond acceptors (Lipinski definition) is 5. The lowest BCUT2D eigenvalue weighted by Crippen LogP contribution is -2.37. The summed E-state index contributed by atoms with van der Waals surface area (Å²) in [5, 5.41) is 10.3. The molecule has 1 fully saturated rings. The molecule has 5 nitrogen and oxygen atoms in total. The molecule has 0 bridgehead atoms. The van der Waals surface area contributed by atoms with Crippen LogP contribution in [0, 0.1) is 11.8 Å². The second-order valence-corrected chi connectivity index (χ2v) is 5.88. The highest BCUT2D eigenvalue weighted by Crippen LogP contribution is 2.22. The minimum Gasteiger partial charge on any atom is -0.393 e. The molecule has 2 aromatic rings. The van der Waals surface area contributed by atoms with Gasteiger partial charge in [-0.05, 0) is 37.1 Å². The van der Waals surface area contributed by atoms with Crippen molar-refractivity contribution in [1.29, 1.82) is 0 Å². The molecule has 118 valence electrons. The predicted octanol–water partition coefficient (Wildman–Crippen LogP) is 2.07. The summed E-state index contributed by atoms with van der Waals surface area (Å²) in [4.78, 5) is 10.5. The molecular weight excluding hydrogens is 312 g/mol. The molecule has 0 saturated carbocycles. The van der Waals surface area contributed by atoms with Gasteiger partial charge in [-0.1, -0.05) is 23.4 Å². The molecule has 0 atom stereocenters. The highest BCUT2D eigenvalue weighted by Gasteiger charge is 2.20. The second-order valence-electron chi connectivity index (χ2n) is 5.44. The van der Waals surface area contributed by atoms with Crippen LogP contribution in [0.4, 0.5) is 11.8 Å². The van der Waals surface area contributed by atoms with E-state index in [4.69, 9.17) is 17.3 Å². The molecule has 2 heterocycles. The Bertz CT molecular complexity index is 743. The van der Waals surface area contributed by atoms with Crippen molar-refractivity contribution >= 4 is 23.4 Å². The molecule has 0 unspecified atom stereocenters. The van der Waals surface area contributed by atoms with Crippen LogP contribution in [-0.2, 0) is 0 Å². The Morgan fingerprint density at radius 3 is 2.57 bits per heavy atom. The van der Waals surface area contributed by atoms with Gasteiger partial charge in [0.2, 0.25) is 5.95 Å². The summed E-state index contributed by atoms with van der Waals surface area (Å²) in [6.45, 7) is 1.46. The average molecular weight is 329 g/mol. The van der Waals surface area contributed by atoms with Gasteiger partial charge in [-0.25, -0.2) is 4.98 Å². The third-order valence-electron chi connectivity index (χ3n) is 3.74. The molecule has 0 aliphatic carbocycles. The van der Waals surface area contributed by atoms with Crippen LogP contribution in [0.5, 0.6) is 0 Å². The fourth-order valence-corrected chi connectivity index (χ4v) is 2.59. The van der Waals surface area contributed by atoms with Crippen LogP contribution in [-0.4, -0.2) is 34.3 Å². The van der Waals surface area contributed by atoms with Gasteiger partial charge in [0.1, 0.15) is 5.82 Å². The number of piperidine rings is 1. The zero-order valence-corrected chi connectivity index (χ0v) is 13.3. The maximum absolute atomic E-state index is 9.65. The van der Waals surface area contributed by atoms with Gasteiger partial charge in [-0.2, -0.15) is 4.98 Å². The number of aliphatic hydroxyl groups is 1. The number of rotatable bonds is 1. The summed E-state index contributed by atoms with van der Waals surface area (Å²) < 4.78 is 0. The average Bonchev–Trinajstić information content (AvgIpc) is 2.56. The van der Waals surface area contributed by atoms with E-state index in [1.54, 1.807) is 18.3 Å². The predicted molar refractivity (Wildman–Crippen MR) is 91.3 cm³/mol. The van der Waals surface area contributed by atoms with Gasteiger partial charge >= 0.3 is 0 Å². The third kappa shape index (κ3) is 3.92. The number of hydrogen-bond donors (Lipinski definition) is 2. The van der Waals surface area contributed by atoms with Crippen LogP contribution in [0.25, 0.3) is 0 Å². The van der Waals surface area contributed by atoms with E-state index in [-0.39, 0.29) is 12.1 Å². The minimum absolute atomic E-state index is 0.225. The molecule has 3 N–H and O–H groups in total. The largest absolute Gasteiger partial charge is 0.393 e. The van der Waals surface area contributed by atoms with Gasteiger partial charge in [0, 0.05) is 23.7 Å². The van der Waals surface area contributed by atoms with E-state index in [0.29, 0.717) is 17.9 Å². The molecule has 1 aliphatic heterocycles. The molecule has 0 amide bonds. The van der Waals surface area contributed by atoms with Gasteiger partial charge < -0.3 is 15.7 Å². The molecule has 1 saturated heterocycles. The van der Waals surface area contributed by atoms with Crippen LogP contribution >= 0.6 is 11.6 Å². The topological polar surface area (TPSA) is 75.3 Å². The molecular formula is C17H17ClN4O. The van der Waals surface area contributed by atoms with Gasteiger partial charge in [0.25, 0.3) is 0 Å². The van der Waals surface area contributed by atoms with Crippen molar-refractivity contribution in [1.82, 2.24) is 9.97 Å². The number of benzene rings is 1. The third-order valence-corrected chi connectivity index (χ3v) is 3.99. The SMILES string of the molecule is Nc1ncc(C#Cc2ccc(Cl)cc2)c(N2CCC(O)CC2)n1. The Kier molecular flexibility index (Phi) is 4.65. The summed E-state index contributed by atoms with van der Waals surface area (Å²) in [5.41, 5.74) is 7.32. The first kappa shape index (κ1) is 15.6. The number of nitrogens with zero attached hydrogens (tertiary/aromatic N) is 3. The summed E-state index contributed by atoms with van der Waals surface area (Å²) in [6.07, 6.45) is 2.84. The molecule has 1 aromatic carbocycles. The Morgan fingerprint density at radius 2 is 1.87 bits per heavy atom. The lowest BCUT2D eigenvalue weighted by Gasteiger charge is -2.31. The normalized spacial score (nSPS) is 15.1. The van der Waals surface area contributed by atoms with Gasteiger partial charge in [0.05, 0.1) is 17.9 Å². The maximum atomic E-state index is 9.65. The van der Waals surface area contributed by atoms with E-state index in [1.165, 1.54) is 0 Å². The molecule has 1 aromatic heterocycles. The van der Waals surface area contributed by atoms with Crippen LogP contribution in [0.15, 0.2) is 30.5 Å². The standard InChI is InChI=1S/C17H17ClN4O/c18-14-5-2-12(3-6-14)1-4-13-11-20-17(19)21-16(13)22-9-7-15(23)8-10-22/h2-3,5-6,11,15,23H,7-10H2,(H2,19,20,21). The van der Waals surface area contributed by atoms with Crippen LogP contribution in [0.1, 0.15) is 24.0 Å². The number of nitrogens with two attached hydrogens (primary N) is 1. The monoisotopic (exact) mass is 328 g/mol.